The van der Waals surface area contributed by atoms with Crippen LogP contribution in [0.1, 0.15) is 33.4 Å². The van der Waals surface area contributed by atoms with Gasteiger partial charge in [0.15, 0.2) is 8.07 Å². The zero-order chi connectivity index (χ0) is 45.5. The molecule has 4 nitrogen and oxygen atoms in total. The van der Waals surface area contributed by atoms with Crippen molar-refractivity contribution < 1.29 is 0 Å². The van der Waals surface area contributed by atoms with Gasteiger partial charge in [-0.05, 0) is 126 Å². The fourth-order valence-corrected chi connectivity index (χ4v) is 13.5. The van der Waals surface area contributed by atoms with Crippen LogP contribution in [0.25, 0.3) is 23.3 Å². The third-order valence-electron chi connectivity index (χ3n) is 12.5. The first-order valence-corrected chi connectivity index (χ1v) is 24.4. The SMILES string of the molecule is CN(C)c1ccc(C(=Cc2ccc([Si](c3ccccc3)(c3ccccc3)c3ccc(C=C(c4ccc(N(C)C)cc4)c4ccc(N(C)C)cc4)cc3)cc2)c2ccc(N(C)C)cc2)cc1. The molecule has 8 aromatic rings. The second-order valence-corrected chi connectivity index (χ2v) is 21.4. The number of benzene rings is 8. The summed E-state index contributed by atoms with van der Waals surface area (Å²) >= 11 is 0. The highest BCUT2D eigenvalue weighted by Crippen LogP contribution is 2.31. The van der Waals surface area contributed by atoms with Gasteiger partial charge in [0.05, 0.1) is 0 Å². The van der Waals surface area contributed by atoms with Crippen molar-refractivity contribution in [3.63, 3.8) is 0 Å². The van der Waals surface area contributed by atoms with Crippen LogP contribution < -0.4 is 40.3 Å². The van der Waals surface area contributed by atoms with E-state index in [9.17, 15) is 0 Å². The lowest BCUT2D eigenvalue weighted by atomic mass is 9.95. The van der Waals surface area contributed by atoms with Crippen LogP contribution in [0, 0.1) is 0 Å². The minimum absolute atomic E-state index is 1.16. The number of hydrogen-bond donors (Lipinski definition) is 0. The number of nitrogens with zero attached hydrogens (tertiary/aromatic N) is 4. The summed E-state index contributed by atoms with van der Waals surface area (Å²) in [5.74, 6) is 0. The Balaban J connectivity index is 1.25. The quantitative estimate of drug-likeness (QED) is 0.0613. The summed E-state index contributed by atoms with van der Waals surface area (Å²) in [6, 6.07) is 76.7. The van der Waals surface area contributed by atoms with Gasteiger partial charge < -0.3 is 19.6 Å². The van der Waals surface area contributed by atoms with Crippen molar-refractivity contribution in [3.8, 4) is 0 Å². The first kappa shape index (κ1) is 44.3. The van der Waals surface area contributed by atoms with Crippen LogP contribution in [-0.2, 0) is 0 Å². The third-order valence-corrected chi connectivity index (χ3v) is 17.3. The molecule has 65 heavy (non-hydrogen) atoms. The van der Waals surface area contributed by atoms with Crippen molar-refractivity contribution in [3.05, 3.63) is 240 Å². The fraction of sp³-hybridized carbons (Fsp3) is 0.133. The molecule has 0 aromatic heterocycles. The molecular formula is C60H60N4Si. The van der Waals surface area contributed by atoms with Crippen molar-refractivity contribution in [2.75, 3.05) is 76.0 Å². The molecule has 0 aliphatic carbocycles. The molecular weight excluding hydrogens is 805 g/mol. The Morgan fingerprint density at radius 1 is 0.277 bits per heavy atom. The zero-order valence-electron chi connectivity index (χ0n) is 39.1. The Morgan fingerprint density at radius 2 is 0.508 bits per heavy atom. The average Bonchev–Trinajstić information content (AvgIpc) is 3.34. The van der Waals surface area contributed by atoms with Crippen LogP contribution >= 0.6 is 0 Å². The summed E-state index contributed by atoms with van der Waals surface area (Å²) in [5.41, 5.74) is 14.1. The average molecular weight is 865 g/mol. The van der Waals surface area contributed by atoms with E-state index >= 15 is 0 Å². The van der Waals surface area contributed by atoms with E-state index in [0.29, 0.717) is 0 Å². The normalized spacial score (nSPS) is 11.1. The monoisotopic (exact) mass is 864 g/mol. The maximum Gasteiger partial charge on any atom is 0.179 e. The van der Waals surface area contributed by atoms with E-state index < -0.39 is 8.07 Å². The fourth-order valence-electron chi connectivity index (χ4n) is 8.79. The molecule has 5 heteroatoms. The van der Waals surface area contributed by atoms with Crippen LogP contribution in [0.4, 0.5) is 22.7 Å². The maximum absolute atomic E-state index is 2.81. The summed E-state index contributed by atoms with van der Waals surface area (Å²) in [7, 11) is 13.9. The van der Waals surface area contributed by atoms with Gasteiger partial charge in [-0.2, -0.15) is 0 Å². The van der Waals surface area contributed by atoms with E-state index in [-0.39, 0.29) is 0 Å². The van der Waals surface area contributed by atoms with E-state index in [1.807, 2.05) is 0 Å². The minimum atomic E-state index is -2.81. The summed E-state index contributed by atoms with van der Waals surface area (Å²) in [5, 5.41) is 5.38. The van der Waals surface area contributed by atoms with Crippen LogP contribution in [0.3, 0.4) is 0 Å². The Kier molecular flexibility index (Phi) is 13.3. The number of anilines is 4. The summed E-state index contributed by atoms with van der Waals surface area (Å²) in [6.45, 7) is 0. The topological polar surface area (TPSA) is 13.0 Å². The van der Waals surface area contributed by atoms with Gasteiger partial charge >= 0.3 is 0 Å². The largest absolute Gasteiger partial charge is 0.378 e. The van der Waals surface area contributed by atoms with Gasteiger partial charge in [-0.25, -0.2) is 0 Å². The van der Waals surface area contributed by atoms with Gasteiger partial charge in [0.25, 0.3) is 0 Å². The van der Waals surface area contributed by atoms with Gasteiger partial charge in [0.2, 0.25) is 0 Å². The minimum Gasteiger partial charge on any atom is -0.378 e. The summed E-state index contributed by atoms with van der Waals surface area (Å²) in [6.07, 6.45) is 4.68. The first-order valence-electron chi connectivity index (χ1n) is 22.4. The molecule has 0 bridgehead atoms. The van der Waals surface area contributed by atoms with Gasteiger partial charge in [-0.15, -0.1) is 0 Å². The zero-order valence-corrected chi connectivity index (χ0v) is 40.1. The van der Waals surface area contributed by atoms with E-state index in [1.54, 1.807) is 0 Å². The Morgan fingerprint density at radius 3 is 0.738 bits per heavy atom. The molecule has 0 saturated carbocycles. The number of rotatable bonds is 14. The lowest BCUT2D eigenvalue weighted by Gasteiger charge is -2.34. The van der Waals surface area contributed by atoms with E-state index in [4.69, 9.17) is 0 Å². The van der Waals surface area contributed by atoms with Gasteiger partial charge in [0, 0.05) is 79.1 Å². The van der Waals surface area contributed by atoms with Crippen molar-refractivity contribution in [1.82, 2.24) is 0 Å². The van der Waals surface area contributed by atoms with E-state index in [0.717, 1.165) is 11.1 Å². The molecule has 0 amide bonds. The molecule has 0 aliphatic heterocycles. The molecule has 0 radical (unpaired) electrons. The smallest absolute Gasteiger partial charge is 0.179 e. The molecule has 0 spiro atoms. The summed E-state index contributed by atoms with van der Waals surface area (Å²) < 4.78 is 0. The highest BCUT2D eigenvalue weighted by molar-refractivity contribution is 7.19. The van der Waals surface area contributed by atoms with Gasteiger partial charge in [-0.1, -0.05) is 158 Å². The molecule has 0 N–H and O–H groups in total. The Bertz CT molecular complexity index is 2530. The maximum atomic E-state index is 2.39. The first-order chi connectivity index (χ1) is 31.5. The Hall–Kier alpha value is -7.34. The standard InChI is InChI=1S/C60H60N4Si/c1-61(2)51-31-23-47(24-32-51)59(48-25-33-52(34-26-48)62(3)4)43-45-19-39-57(40-20-45)65(55-15-11-9-12-16-55,56-17-13-10-14-18-56)58-41-21-46(22-42-58)44-60(49-27-35-53(36-28-49)63(5)6)50-29-37-54(38-30-50)64(7)8/h9-44H,1-8H3. The van der Waals surface area contributed by atoms with Crippen LogP contribution in [0.2, 0.25) is 0 Å². The van der Waals surface area contributed by atoms with Crippen molar-refractivity contribution >= 4 is 74.9 Å². The van der Waals surface area contributed by atoms with Crippen LogP contribution in [-0.4, -0.2) is 64.5 Å². The molecule has 0 atom stereocenters. The number of hydrogen-bond acceptors (Lipinski definition) is 4. The highest BCUT2D eigenvalue weighted by atomic mass is 28.3. The molecule has 0 unspecified atom stereocenters. The van der Waals surface area contributed by atoms with Crippen molar-refractivity contribution in [1.29, 1.82) is 0 Å². The molecule has 0 aliphatic rings. The van der Waals surface area contributed by atoms with Crippen LogP contribution in [0.15, 0.2) is 206 Å². The molecule has 0 saturated heterocycles. The second kappa shape index (κ2) is 19.6. The molecule has 0 fully saturated rings. The molecule has 8 aromatic carbocycles. The lowest BCUT2D eigenvalue weighted by molar-refractivity contribution is 1.13. The second-order valence-electron chi connectivity index (χ2n) is 17.6. The van der Waals surface area contributed by atoms with E-state index in [2.05, 4.69) is 294 Å². The Labute approximate surface area is 388 Å². The van der Waals surface area contributed by atoms with Gasteiger partial charge in [-0.3, -0.25) is 0 Å². The predicted molar refractivity (Wildman–Crippen MR) is 287 cm³/mol. The van der Waals surface area contributed by atoms with Crippen LogP contribution in [0.5, 0.6) is 0 Å². The predicted octanol–water partition coefficient (Wildman–Crippen LogP) is 10.5. The highest BCUT2D eigenvalue weighted by Gasteiger charge is 2.41. The molecule has 0 heterocycles. The third kappa shape index (κ3) is 9.62. The molecule has 8 rings (SSSR count). The van der Waals surface area contributed by atoms with E-state index in [1.165, 1.54) is 76.9 Å². The van der Waals surface area contributed by atoms with Crippen molar-refractivity contribution in [2.24, 2.45) is 0 Å². The summed E-state index contributed by atoms with van der Waals surface area (Å²) in [4.78, 5) is 8.58. The van der Waals surface area contributed by atoms with Gasteiger partial charge in [0.1, 0.15) is 0 Å². The lowest BCUT2D eigenvalue weighted by Crippen LogP contribution is -2.74. The van der Waals surface area contributed by atoms with Crippen molar-refractivity contribution in [2.45, 2.75) is 0 Å². The molecule has 324 valence electrons.